The van der Waals surface area contributed by atoms with Crippen molar-refractivity contribution < 1.29 is 19.4 Å². The van der Waals surface area contributed by atoms with Crippen molar-refractivity contribution >= 4 is 46.5 Å². The van der Waals surface area contributed by atoms with Crippen molar-refractivity contribution in [3.8, 4) is 12.1 Å². The average Bonchev–Trinajstić information content (AvgIpc) is 3.47. The second-order valence-electron chi connectivity index (χ2n) is 9.91. The number of hydrogen-bond acceptors (Lipinski definition) is 11. The van der Waals surface area contributed by atoms with Gasteiger partial charge >= 0.3 is 6.09 Å². The van der Waals surface area contributed by atoms with Crippen LogP contribution in [0.4, 0.5) is 27.9 Å². The molecule has 1 amide bonds. The summed E-state index contributed by atoms with van der Waals surface area (Å²) < 4.78 is 12.3. The largest absolute Gasteiger partial charge is 0.465 e. The molecule has 6 rings (SSSR count). The van der Waals surface area contributed by atoms with Gasteiger partial charge in [-0.2, -0.15) is 20.0 Å². The molecule has 3 aliphatic rings. The normalized spacial score (nSPS) is 20.6. The first-order valence-corrected chi connectivity index (χ1v) is 13.1. The maximum atomic E-state index is 12.1. The van der Waals surface area contributed by atoms with Gasteiger partial charge in [0.05, 0.1) is 65.6 Å². The van der Waals surface area contributed by atoms with Gasteiger partial charge in [0.2, 0.25) is 5.95 Å². The maximum absolute atomic E-state index is 12.1. The summed E-state index contributed by atoms with van der Waals surface area (Å²) in [6.07, 6.45) is 2.00. The Morgan fingerprint density at radius 1 is 1.27 bits per heavy atom. The molecule has 1 saturated carbocycles. The Hall–Kier alpha value is -4.37. The Bertz CT molecular complexity index is 1560. The lowest BCUT2D eigenvalue weighted by atomic mass is 10.1. The Kier molecular flexibility index (Phi) is 6.67. The maximum Gasteiger partial charge on any atom is 0.408 e. The second kappa shape index (κ2) is 10.3. The van der Waals surface area contributed by atoms with Gasteiger partial charge in [-0.25, -0.2) is 9.78 Å². The van der Waals surface area contributed by atoms with Crippen molar-refractivity contribution in [2.75, 3.05) is 48.9 Å². The molecule has 2 aliphatic heterocycles. The number of anilines is 4. The predicted octanol–water partition coefficient (Wildman–Crippen LogP) is 2.42. The van der Waals surface area contributed by atoms with Crippen LogP contribution in [0.15, 0.2) is 18.3 Å². The van der Waals surface area contributed by atoms with Gasteiger partial charge in [0.1, 0.15) is 6.07 Å². The van der Waals surface area contributed by atoms with E-state index in [1.54, 1.807) is 19.2 Å². The fraction of sp³-hybridized carbons (Fsp3) is 0.440. The number of rotatable bonds is 8. The van der Waals surface area contributed by atoms with E-state index in [-0.39, 0.29) is 23.7 Å². The third kappa shape index (κ3) is 4.66. The number of benzene rings is 1. The zero-order chi connectivity index (χ0) is 28.0. The van der Waals surface area contributed by atoms with Crippen molar-refractivity contribution in [1.29, 1.82) is 10.5 Å². The summed E-state index contributed by atoms with van der Waals surface area (Å²) in [7, 11) is 1.55. The molecular formula is C25H25ClN10O4. The highest BCUT2D eigenvalue weighted by molar-refractivity contribution is 6.36. The van der Waals surface area contributed by atoms with Crippen LogP contribution in [-0.4, -0.2) is 93.3 Å². The van der Waals surface area contributed by atoms with Crippen LogP contribution in [0.3, 0.4) is 0 Å². The highest BCUT2D eigenvalue weighted by Gasteiger charge is 2.44. The van der Waals surface area contributed by atoms with Crippen LogP contribution in [0.5, 0.6) is 0 Å². The number of nitriles is 2. The van der Waals surface area contributed by atoms with Gasteiger partial charge in [0.15, 0.2) is 17.2 Å². The summed E-state index contributed by atoms with van der Waals surface area (Å²) in [5.74, 6) is 0.637. The van der Waals surface area contributed by atoms with Gasteiger partial charge in [-0.05, 0) is 25.0 Å². The van der Waals surface area contributed by atoms with Crippen molar-refractivity contribution in [1.82, 2.24) is 24.5 Å². The Morgan fingerprint density at radius 2 is 2.08 bits per heavy atom. The molecule has 4 heterocycles. The first-order chi connectivity index (χ1) is 19.4. The molecule has 40 heavy (non-hydrogen) atoms. The molecule has 2 atom stereocenters. The number of carbonyl (C=O) groups is 1. The standard InChI is InChI=1S/C25H25ClN10O4/c1-39-20-10-34(9-19(20)35(25(37)38)16-11-40-12-16)18-5-13(6-27)4-17(21(18)26)31-24-32-22(30-14-2-3-14)23-29-8-15(7-28)36(23)33-24/h4-5,8,14,16,19-20H,2-3,9-12H2,1H3,(H,37,38)(H2,30,31,32,33)/t19-,20+/m0/s1. The second-order valence-corrected chi connectivity index (χ2v) is 10.3. The number of methoxy groups -OCH3 is 1. The zero-order valence-corrected chi connectivity index (χ0v) is 22.2. The molecule has 3 aromatic rings. The smallest absolute Gasteiger partial charge is 0.408 e. The quantitative estimate of drug-likeness (QED) is 0.364. The van der Waals surface area contributed by atoms with Gasteiger partial charge < -0.3 is 30.1 Å². The molecule has 3 N–H and O–H groups in total. The average molecular weight is 565 g/mol. The van der Waals surface area contributed by atoms with E-state index in [9.17, 15) is 20.4 Å². The Balaban J connectivity index is 1.34. The lowest BCUT2D eigenvalue weighted by Crippen LogP contribution is -2.58. The van der Waals surface area contributed by atoms with Crippen LogP contribution in [0.1, 0.15) is 24.1 Å². The van der Waals surface area contributed by atoms with E-state index in [0.29, 0.717) is 59.7 Å². The van der Waals surface area contributed by atoms with E-state index < -0.39 is 18.2 Å². The van der Waals surface area contributed by atoms with Crippen LogP contribution in [0.2, 0.25) is 5.02 Å². The number of aromatic nitrogens is 4. The van der Waals surface area contributed by atoms with Gasteiger partial charge in [-0.15, -0.1) is 5.10 Å². The number of fused-ring (bicyclic) bond motifs is 1. The fourth-order valence-corrected chi connectivity index (χ4v) is 5.32. The molecule has 0 radical (unpaired) electrons. The number of hydrogen-bond donors (Lipinski definition) is 3. The molecule has 1 aromatic carbocycles. The minimum atomic E-state index is -1.04. The van der Waals surface area contributed by atoms with Crippen LogP contribution in [-0.2, 0) is 9.47 Å². The minimum Gasteiger partial charge on any atom is -0.465 e. The number of imidazole rings is 1. The van der Waals surface area contributed by atoms with Gasteiger partial charge in [-0.3, -0.25) is 4.90 Å². The van der Waals surface area contributed by atoms with Crippen LogP contribution >= 0.6 is 11.6 Å². The van der Waals surface area contributed by atoms with E-state index in [0.717, 1.165) is 12.8 Å². The summed E-state index contributed by atoms with van der Waals surface area (Å²) in [4.78, 5) is 24.3. The summed E-state index contributed by atoms with van der Waals surface area (Å²) in [5.41, 5.74) is 1.93. The lowest BCUT2D eigenvalue weighted by Gasteiger charge is -2.40. The molecule has 2 saturated heterocycles. The molecule has 1 aliphatic carbocycles. The number of ether oxygens (including phenoxy) is 2. The summed E-state index contributed by atoms with van der Waals surface area (Å²) in [6.45, 7) is 1.35. The van der Waals surface area contributed by atoms with E-state index >= 15 is 0 Å². The zero-order valence-electron chi connectivity index (χ0n) is 21.4. The van der Waals surface area contributed by atoms with Crippen LogP contribution < -0.4 is 15.5 Å². The van der Waals surface area contributed by atoms with Crippen molar-refractivity contribution in [2.24, 2.45) is 0 Å². The van der Waals surface area contributed by atoms with Crippen molar-refractivity contribution in [3.05, 3.63) is 34.6 Å². The predicted molar refractivity (Wildman–Crippen MR) is 143 cm³/mol. The van der Waals surface area contributed by atoms with E-state index in [1.165, 1.54) is 15.6 Å². The van der Waals surface area contributed by atoms with Crippen LogP contribution in [0, 0.1) is 22.7 Å². The van der Waals surface area contributed by atoms with Gasteiger partial charge in [0, 0.05) is 26.2 Å². The monoisotopic (exact) mass is 564 g/mol. The number of halogens is 1. The van der Waals surface area contributed by atoms with E-state index in [1.807, 2.05) is 4.90 Å². The first kappa shape index (κ1) is 25.9. The summed E-state index contributed by atoms with van der Waals surface area (Å²) in [5, 5.41) is 40.4. The SMILES string of the molecule is CO[C@@H]1CN(c2cc(C#N)cc(Nc3nc(NC4CC4)c4ncc(C#N)n4n3)c2Cl)C[C@@H]1N(C(=O)O)C1COC1. The van der Waals surface area contributed by atoms with Crippen molar-refractivity contribution in [2.45, 2.75) is 37.1 Å². The minimum absolute atomic E-state index is 0.157. The highest BCUT2D eigenvalue weighted by atomic mass is 35.5. The number of nitrogens with zero attached hydrogens (tertiary/aromatic N) is 8. The van der Waals surface area contributed by atoms with E-state index in [4.69, 9.17) is 21.1 Å². The fourth-order valence-electron chi connectivity index (χ4n) is 5.05. The molecule has 14 nitrogen and oxygen atoms in total. The Morgan fingerprint density at radius 3 is 2.70 bits per heavy atom. The van der Waals surface area contributed by atoms with Gasteiger partial charge in [0.25, 0.3) is 0 Å². The summed E-state index contributed by atoms with van der Waals surface area (Å²) >= 11 is 6.89. The van der Waals surface area contributed by atoms with Crippen molar-refractivity contribution in [3.63, 3.8) is 0 Å². The molecule has 0 unspecified atom stereocenters. The number of nitrogens with one attached hydrogen (secondary N) is 2. The molecule has 15 heteroatoms. The molecule has 206 valence electrons. The summed E-state index contributed by atoms with van der Waals surface area (Å²) in [6, 6.07) is 7.05. The van der Waals surface area contributed by atoms with E-state index in [2.05, 4.69) is 37.8 Å². The third-order valence-electron chi connectivity index (χ3n) is 7.30. The molecular weight excluding hydrogens is 540 g/mol. The topological polar surface area (TPSA) is 177 Å². The molecule has 0 bridgehead atoms. The highest BCUT2D eigenvalue weighted by Crippen LogP contribution is 2.39. The Labute approximate surface area is 233 Å². The van der Waals surface area contributed by atoms with Crippen LogP contribution in [0.25, 0.3) is 5.65 Å². The third-order valence-corrected chi connectivity index (χ3v) is 7.69. The molecule has 2 aromatic heterocycles. The lowest BCUT2D eigenvalue weighted by molar-refractivity contribution is -0.0810. The molecule has 3 fully saturated rings. The number of amides is 1. The first-order valence-electron chi connectivity index (χ1n) is 12.7. The van der Waals surface area contributed by atoms with Gasteiger partial charge in [-0.1, -0.05) is 11.6 Å². The number of carboxylic acid groups (broad SMARTS) is 1. The molecule has 0 spiro atoms.